The Hall–Kier alpha value is -2.48. The number of hydrogen-bond donors (Lipinski definition) is 1. The molecule has 2 aromatic carbocycles. The minimum absolute atomic E-state index is 0.308. The quantitative estimate of drug-likeness (QED) is 0.669. The highest BCUT2D eigenvalue weighted by molar-refractivity contribution is 7.17. The van der Waals surface area contributed by atoms with Crippen molar-refractivity contribution in [2.24, 2.45) is 0 Å². The number of aromatic nitrogens is 1. The van der Waals surface area contributed by atoms with Gasteiger partial charge in [-0.1, -0.05) is 23.7 Å². The highest BCUT2D eigenvalue weighted by atomic mass is 35.5. The maximum absolute atomic E-state index is 14.0. The summed E-state index contributed by atoms with van der Waals surface area (Å²) in [5.41, 5.74) is 1.89. The van der Waals surface area contributed by atoms with E-state index in [2.05, 4.69) is 15.2 Å². The van der Waals surface area contributed by atoms with E-state index < -0.39 is 0 Å². The fourth-order valence-electron chi connectivity index (χ4n) is 3.01. The highest BCUT2D eigenvalue weighted by Gasteiger charge is 2.19. The number of benzene rings is 2. The summed E-state index contributed by atoms with van der Waals surface area (Å²) < 4.78 is 19.4. The molecule has 0 atom stereocenters. The van der Waals surface area contributed by atoms with Gasteiger partial charge in [0.1, 0.15) is 15.7 Å². The van der Waals surface area contributed by atoms with Gasteiger partial charge in [-0.25, -0.2) is 9.37 Å². The molecule has 144 valence electrons. The lowest BCUT2D eigenvalue weighted by Crippen LogP contribution is -2.36. The molecular weight excluding hydrogens is 401 g/mol. The normalized spacial score (nSPS) is 14.1. The van der Waals surface area contributed by atoms with E-state index in [1.807, 2.05) is 6.07 Å². The van der Waals surface area contributed by atoms with Crippen molar-refractivity contribution in [1.82, 2.24) is 4.98 Å². The number of rotatable bonds is 4. The maximum Gasteiger partial charge on any atom is 0.267 e. The van der Waals surface area contributed by atoms with Crippen LogP contribution in [0.5, 0.6) is 0 Å². The van der Waals surface area contributed by atoms with Gasteiger partial charge in [0, 0.05) is 23.7 Å². The Morgan fingerprint density at radius 3 is 2.79 bits per heavy atom. The van der Waals surface area contributed by atoms with Crippen molar-refractivity contribution in [1.29, 1.82) is 0 Å². The van der Waals surface area contributed by atoms with Gasteiger partial charge in [0.25, 0.3) is 5.91 Å². The molecule has 0 aliphatic carbocycles. The molecule has 0 saturated carbocycles. The molecule has 2 heterocycles. The van der Waals surface area contributed by atoms with Crippen molar-refractivity contribution in [2.75, 3.05) is 36.5 Å². The molecule has 0 bridgehead atoms. The monoisotopic (exact) mass is 417 g/mol. The van der Waals surface area contributed by atoms with Crippen molar-refractivity contribution >= 4 is 40.2 Å². The molecule has 0 unspecified atom stereocenters. The fraction of sp³-hybridized carbons (Fsp3) is 0.200. The zero-order valence-electron chi connectivity index (χ0n) is 14.8. The lowest BCUT2D eigenvalue weighted by Gasteiger charge is -2.30. The number of anilines is 2. The molecule has 5 nitrogen and oxygen atoms in total. The second kappa shape index (κ2) is 8.26. The van der Waals surface area contributed by atoms with Crippen LogP contribution in [0.2, 0.25) is 5.02 Å². The van der Waals surface area contributed by atoms with Gasteiger partial charge in [-0.3, -0.25) is 4.79 Å². The van der Waals surface area contributed by atoms with Crippen molar-refractivity contribution in [2.45, 2.75) is 0 Å². The van der Waals surface area contributed by atoms with Crippen LogP contribution >= 0.6 is 22.9 Å². The van der Waals surface area contributed by atoms with Gasteiger partial charge in [-0.2, -0.15) is 0 Å². The number of amides is 1. The summed E-state index contributed by atoms with van der Waals surface area (Å²) in [4.78, 5) is 19.5. The summed E-state index contributed by atoms with van der Waals surface area (Å²) in [5, 5.41) is 3.91. The van der Waals surface area contributed by atoms with E-state index in [1.54, 1.807) is 30.3 Å². The average Bonchev–Trinajstić information content (AvgIpc) is 3.19. The third-order valence-corrected chi connectivity index (χ3v) is 5.66. The van der Waals surface area contributed by atoms with Crippen molar-refractivity contribution in [3.05, 3.63) is 64.4 Å². The van der Waals surface area contributed by atoms with Crippen LogP contribution in [0.15, 0.2) is 48.7 Å². The van der Waals surface area contributed by atoms with E-state index in [4.69, 9.17) is 16.3 Å². The molecule has 1 aliphatic heterocycles. The second-order valence-corrected chi connectivity index (χ2v) is 7.69. The molecule has 1 aromatic heterocycles. The number of hydrogen-bond acceptors (Lipinski definition) is 5. The third-order valence-electron chi connectivity index (χ3n) is 4.39. The Labute approximate surface area is 170 Å². The largest absolute Gasteiger partial charge is 0.378 e. The SMILES string of the molecule is O=C(Nc1cc(Cl)ccc1N1CCOCC1)c1cnc(-c2ccccc2F)s1. The van der Waals surface area contributed by atoms with Crippen LogP contribution in [0.3, 0.4) is 0 Å². The minimum atomic E-state index is -0.367. The van der Waals surface area contributed by atoms with Crippen molar-refractivity contribution < 1.29 is 13.9 Å². The standard InChI is InChI=1S/C20H17ClFN3O2S/c21-13-5-6-17(25-7-9-27-10-8-25)16(11-13)24-19(26)18-12-23-20(28-18)14-3-1-2-4-15(14)22/h1-6,11-12H,7-10H2,(H,24,26). The molecule has 1 fully saturated rings. The number of thiazole rings is 1. The molecule has 0 radical (unpaired) electrons. The first-order valence-electron chi connectivity index (χ1n) is 8.76. The van der Waals surface area contributed by atoms with Crippen LogP contribution in [0, 0.1) is 5.82 Å². The first kappa shape index (κ1) is 18.9. The third kappa shape index (κ3) is 4.01. The number of carbonyl (C=O) groups excluding carboxylic acids is 1. The number of nitrogens with one attached hydrogen (secondary N) is 1. The van der Waals surface area contributed by atoms with Gasteiger partial charge in [0.2, 0.25) is 0 Å². The fourth-order valence-corrected chi connectivity index (χ4v) is 4.02. The van der Waals surface area contributed by atoms with Crippen LogP contribution in [-0.2, 0) is 4.74 Å². The maximum atomic E-state index is 14.0. The Morgan fingerprint density at radius 1 is 1.21 bits per heavy atom. The van der Waals surface area contributed by atoms with Crippen LogP contribution < -0.4 is 10.2 Å². The predicted octanol–water partition coefficient (Wildman–Crippen LogP) is 4.69. The lowest BCUT2D eigenvalue weighted by molar-refractivity contribution is 0.103. The summed E-state index contributed by atoms with van der Waals surface area (Å²) in [7, 11) is 0. The Bertz CT molecular complexity index is 1000. The summed E-state index contributed by atoms with van der Waals surface area (Å²) in [6.45, 7) is 2.75. The van der Waals surface area contributed by atoms with Gasteiger partial charge in [0.15, 0.2) is 0 Å². The number of ether oxygens (including phenoxy) is 1. The molecule has 1 amide bonds. The highest BCUT2D eigenvalue weighted by Crippen LogP contribution is 2.32. The van der Waals surface area contributed by atoms with Gasteiger partial charge in [-0.15, -0.1) is 11.3 Å². The van der Waals surface area contributed by atoms with Crippen LogP contribution in [0.4, 0.5) is 15.8 Å². The van der Waals surface area contributed by atoms with Crippen molar-refractivity contribution in [3.8, 4) is 10.6 Å². The molecule has 1 aliphatic rings. The molecule has 3 aromatic rings. The van der Waals surface area contributed by atoms with Gasteiger partial charge in [-0.05, 0) is 30.3 Å². The first-order valence-corrected chi connectivity index (χ1v) is 9.95. The zero-order chi connectivity index (χ0) is 19.5. The minimum Gasteiger partial charge on any atom is -0.378 e. The molecule has 0 spiro atoms. The molecule has 4 rings (SSSR count). The van der Waals surface area contributed by atoms with Crippen LogP contribution in [-0.4, -0.2) is 37.2 Å². The molecular formula is C20H17ClFN3O2S. The van der Waals surface area contributed by atoms with E-state index in [9.17, 15) is 9.18 Å². The average molecular weight is 418 g/mol. The Kier molecular flexibility index (Phi) is 5.57. The van der Waals surface area contributed by atoms with E-state index >= 15 is 0 Å². The van der Waals surface area contributed by atoms with Crippen LogP contribution in [0.25, 0.3) is 10.6 Å². The smallest absolute Gasteiger partial charge is 0.267 e. The summed E-state index contributed by atoms with van der Waals surface area (Å²) in [6.07, 6.45) is 1.46. The first-order chi connectivity index (χ1) is 13.6. The molecule has 1 saturated heterocycles. The summed E-state index contributed by atoms with van der Waals surface area (Å²) >= 11 is 7.28. The number of carbonyl (C=O) groups is 1. The lowest BCUT2D eigenvalue weighted by atomic mass is 10.2. The van der Waals surface area contributed by atoms with E-state index in [-0.39, 0.29) is 11.7 Å². The topological polar surface area (TPSA) is 54.5 Å². The Balaban J connectivity index is 1.57. The van der Waals surface area contributed by atoms with E-state index in [0.29, 0.717) is 39.4 Å². The molecule has 8 heteroatoms. The molecule has 1 N–H and O–H groups in total. The van der Waals surface area contributed by atoms with Gasteiger partial charge < -0.3 is 15.0 Å². The second-order valence-electron chi connectivity index (χ2n) is 6.22. The summed E-state index contributed by atoms with van der Waals surface area (Å²) in [5.74, 6) is -0.676. The van der Waals surface area contributed by atoms with Crippen molar-refractivity contribution in [3.63, 3.8) is 0 Å². The number of nitrogens with zero attached hydrogens (tertiary/aromatic N) is 2. The molecule has 28 heavy (non-hydrogen) atoms. The predicted molar refractivity (Wildman–Crippen MR) is 110 cm³/mol. The zero-order valence-corrected chi connectivity index (χ0v) is 16.4. The van der Waals surface area contributed by atoms with Gasteiger partial charge in [0.05, 0.1) is 30.8 Å². The van der Waals surface area contributed by atoms with Gasteiger partial charge >= 0.3 is 0 Å². The van der Waals surface area contributed by atoms with Crippen LogP contribution in [0.1, 0.15) is 9.67 Å². The number of morpholine rings is 1. The summed E-state index contributed by atoms with van der Waals surface area (Å²) in [6, 6.07) is 11.8. The number of halogens is 2. The Morgan fingerprint density at radius 2 is 2.00 bits per heavy atom. The van der Waals surface area contributed by atoms with E-state index in [0.717, 1.165) is 30.1 Å². The van der Waals surface area contributed by atoms with E-state index in [1.165, 1.54) is 12.3 Å².